The number of nitrogens with two attached hydrogens (primary N) is 1. The molecule has 0 fully saturated rings. The number of carbonyl (C=O) groups excluding carboxylic acids is 1. The van der Waals surface area contributed by atoms with E-state index in [1.165, 1.54) is 0 Å². The molecule has 7 nitrogen and oxygen atoms in total. The van der Waals surface area contributed by atoms with Crippen LogP contribution in [0, 0.1) is 0 Å². The van der Waals surface area contributed by atoms with Gasteiger partial charge in [0.1, 0.15) is 5.75 Å². The predicted molar refractivity (Wildman–Crippen MR) is 145 cm³/mol. The number of primary amides is 1. The molecule has 0 radical (unpaired) electrons. The van der Waals surface area contributed by atoms with Crippen molar-refractivity contribution in [3.05, 3.63) is 77.5 Å². The molecule has 35 heavy (non-hydrogen) atoms. The Morgan fingerprint density at radius 3 is 2.40 bits per heavy atom. The van der Waals surface area contributed by atoms with Crippen molar-refractivity contribution >= 4 is 83.5 Å². The first kappa shape index (κ1) is 32.2. The number of fused-ring (bicyclic) bond motifs is 1. The van der Waals surface area contributed by atoms with Crippen molar-refractivity contribution in [1.82, 2.24) is 4.57 Å². The molecule has 3 rings (SSSR count). The Balaban J connectivity index is 0.00000306. The molecule has 180 valence electrons. The van der Waals surface area contributed by atoms with E-state index in [9.17, 15) is 9.36 Å². The number of allylic oxidation sites excluding steroid dienone is 1. The van der Waals surface area contributed by atoms with Gasteiger partial charge in [-0.15, -0.1) is 6.58 Å². The van der Waals surface area contributed by atoms with Crippen molar-refractivity contribution in [2.45, 2.75) is 39.2 Å². The first-order valence-corrected chi connectivity index (χ1v) is 12.8. The van der Waals surface area contributed by atoms with Crippen molar-refractivity contribution in [2.24, 2.45) is 5.73 Å². The number of carbonyl (C=O) groups is 1. The number of benzene rings is 2. The number of nitrogens with zero attached hydrogens (tertiary/aromatic N) is 1. The minimum atomic E-state index is -4.07. The van der Waals surface area contributed by atoms with E-state index in [4.69, 9.17) is 20.3 Å². The molecule has 1 amide bonds. The Kier molecular flexibility index (Phi) is 13.6. The molecule has 0 unspecified atom stereocenters. The fourth-order valence-corrected chi connectivity index (χ4v) is 4.82. The van der Waals surface area contributed by atoms with Gasteiger partial charge in [0.05, 0.1) is 19.2 Å². The predicted octanol–water partition coefficient (Wildman–Crippen LogP) is 2.66. The number of amides is 1. The first-order chi connectivity index (χ1) is 15.7. The van der Waals surface area contributed by atoms with E-state index >= 15 is 0 Å². The van der Waals surface area contributed by atoms with Crippen molar-refractivity contribution in [2.75, 3.05) is 12.8 Å². The molecule has 2 aromatic carbocycles. The van der Waals surface area contributed by atoms with Gasteiger partial charge < -0.3 is 24.8 Å². The molecule has 0 aliphatic carbocycles. The van der Waals surface area contributed by atoms with Crippen LogP contribution in [0.15, 0.2) is 55.1 Å². The van der Waals surface area contributed by atoms with Crippen molar-refractivity contribution in [3.63, 3.8) is 0 Å². The molecule has 3 aromatic rings. The van der Waals surface area contributed by atoms with Crippen LogP contribution >= 0.6 is 7.60 Å². The van der Waals surface area contributed by atoms with Gasteiger partial charge in [-0.3, -0.25) is 9.36 Å². The Hall–Kier alpha value is -0.860. The second-order valence-electron chi connectivity index (χ2n) is 8.01. The van der Waals surface area contributed by atoms with Gasteiger partial charge in [-0.05, 0) is 42.5 Å². The van der Waals surface area contributed by atoms with E-state index in [1.807, 2.05) is 30.3 Å². The van der Waals surface area contributed by atoms with Gasteiger partial charge in [-0.1, -0.05) is 43.3 Å². The molecule has 0 saturated carbocycles. The molecule has 0 atom stereocenters. The van der Waals surface area contributed by atoms with Crippen molar-refractivity contribution in [3.8, 4) is 5.75 Å². The van der Waals surface area contributed by atoms with Crippen molar-refractivity contribution < 1.29 is 23.9 Å². The van der Waals surface area contributed by atoms with Gasteiger partial charge in [-0.2, -0.15) is 0 Å². The van der Waals surface area contributed by atoms with Gasteiger partial charge in [0, 0.05) is 28.7 Å². The SMILES string of the molecule is C=CCc1c(OCCCP(=O)(O)O)ccc2c1c(CC(N)=O)c(CC)n2Cc1ccccc1.[NaH].[NaH]. The summed E-state index contributed by atoms with van der Waals surface area (Å²) in [5.74, 6) is 0.222. The van der Waals surface area contributed by atoms with E-state index in [2.05, 4.69) is 30.2 Å². The standard InChI is InChI=1S/C25H31N2O5P.2Na.2H/c1-3-9-19-23(32-14-8-15-33(29,30)31)13-12-22-25(19)20(16-24(26)28)21(4-2)27(22)17-18-10-6-5-7-11-18;;;;/h3,5-7,10-13H,1,4,8-9,14-17H2,2H3,(H2,26,28)(H2,29,30,31);;;;. The van der Waals surface area contributed by atoms with E-state index in [1.54, 1.807) is 6.08 Å². The maximum atomic E-state index is 12.0. The van der Waals surface area contributed by atoms with Gasteiger partial charge >= 0.3 is 66.7 Å². The Morgan fingerprint density at radius 1 is 1.14 bits per heavy atom. The zero-order chi connectivity index (χ0) is 24.0. The molecular formula is C25H33N2Na2O5P. The van der Waals surface area contributed by atoms with Crippen LogP contribution in [-0.4, -0.2) is 92.1 Å². The summed E-state index contributed by atoms with van der Waals surface area (Å²) in [5.41, 5.74) is 10.6. The second-order valence-corrected chi connectivity index (χ2v) is 9.79. The molecule has 10 heteroatoms. The zero-order valence-corrected chi connectivity index (χ0v) is 19.8. The Bertz CT molecular complexity index is 1190. The minimum absolute atomic E-state index is 0. The third kappa shape index (κ3) is 8.60. The van der Waals surface area contributed by atoms with Crippen LogP contribution in [0.3, 0.4) is 0 Å². The Labute approximate surface area is 250 Å². The summed E-state index contributed by atoms with van der Waals surface area (Å²) in [4.78, 5) is 30.2. The summed E-state index contributed by atoms with van der Waals surface area (Å²) in [7, 11) is -4.07. The zero-order valence-electron chi connectivity index (χ0n) is 18.9. The fourth-order valence-electron chi connectivity index (χ4n) is 4.28. The topological polar surface area (TPSA) is 115 Å². The molecule has 4 N–H and O–H groups in total. The van der Waals surface area contributed by atoms with Gasteiger partial charge in [0.15, 0.2) is 0 Å². The third-order valence-corrected chi connectivity index (χ3v) is 6.48. The summed E-state index contributed by atoms with van der Waals surface area (Å²) in [6.45, 7) is 6.79. The molecule has 1 aromatic heterocycles. The number of ether oxygens (including phenoxy) is 1. The van der Waals surface area contributed by atoms with Gasteiger partial charge in [0.2, 0.25) is 5.91 Å². The van der Waals surface area contributed by atoms with Crippen LogP contribution in [0.2, 0.25) is 0 Å². The molecule has 0 bridgehead atoms. The monoisotopic (exact) mass is 518 g/mol. The van der Waals surface area contributed by atoms with Crippen LogP contribution in [-0.2, 0) is 35.2 Å². The summed E-state index contributed by atoms with van der Waals surface area (Å²) < 4.78 is 19.3. The third-order valence-electron chi connectivity index (χ3n) is 5.58. The normalized spacial score (nSPS) is 10.9. The molecule has 0 saturated heterocycles. The van der Waals surface area contributed by atoms with Gasteiger partial charge in [0.25, 0.3) is 0 Å². The number of rotatable bonds is 12. The molecule has 1 heterocycles. The second kappa shape index (κ2) is 14.8. The molecule has 0 aliphatic heterocycles. The average Bonchev–Trinajstić information content (AvgIpc) is 3.04. The summed E-state index contributed by atoms with van der Waals surface area (Å²) in [6, 6.07) is 14.0. The van der Waals surface area contributed by atoms with Crippen LogP contribution in [0.5, 0.6) is 5.75 Å². The molecule has 0 aliphatic rings. The molecule has 0 spiro atoms. The first-order valence-electron chi connectivity index (χ1n) is 11.0. The van der Waals surface area contributed by atoms with E-state index in [0.717, 1.165) is 39.7 Å². The number of aromatic nitrogens is 1. The van der Waals surface area contributed by atoms with Gasteiger partial charge in [-0.25, -0.2) is 0 Å². The van der Waals surface area contributed by atoms with E-state index < -0.39 is 13.5 Å². The summed E-state index contributed by atoms with van der Waals surface area (Å²) in [6.07, 6.45) is 3.16. The number of hydrogen-bond donors (Lipinski definition) is 3. The van der Waals surface area contributed by atoms with Crippen LogP contribution < -0.4 is 10.5 Å². The van der Waals surface area contributed by atoms with Crippen LogP contribution in [0.4, 0.5) is 0 Å². The summed E-state index contributed by atoms with van der Waals surface area (Å²) in [5, 5.41) is 0.939. The van der Waals surface area contributed by atoms with Crippen LogP contribution in [0.1, 0.15) is 35.7 Å². The summed E-state index contributed by atoms with van der Waals surface area (Å²) >= 11 is 0. The molecular weight excluding hydrogens is 485 g/mol. The van der Waals surface area contributed by atoms with Crippen molar-refractivity contribution in [1.29, 1.82) is 0 Å². The Morgan fingerprint density at radius 2 is 1.83 bits per heavy atom. The van der Waals surface area contributed by atoms with E-state index in [-0.39, 0.29) is 84.7 Å². The van der Waals surface area contributed by atoms with E-state index in [0.29, 0.717) is 18.7 Å². The quantitative estimate of drug-likeness (QED) is 0.148. The van der Waals surface area contributed by atoms with Crippen LogP contribution in [0.25, 0.3) is 10.9 Å². The average molecular weight is 519 g/mol. The number of hydrogen-bond acceptors (Lipinski definition) is 3. The maximum absolute atomic E-state index is 12.0. The fraction of sp³-hybridized carbons (Fsp3) is 0.320.